The highest BCUT2D eigenvalue weighted by Gasteiger charge is 2.13. The van der Waals surface area contributed by atoms with Gasteiger partial charge in [0.05, 0.1) is 12.8 Å². The van der Waals surface area contributed by atoms with Gasteiger partial charge in [0.2, 0.25) is 5.91 Å². The number of aliphatic carboxylic acids is 1. The van der Waals surface area contributed by atoms with Crippen LogP contribution in [0, 0.1) is 13.8 Å². The topological polar surface area (TPSA) is 117 Å². The second kappa shape index (κ2) is 9.74. The number of fused-ring (bicyclic) bond motifs is 1. The van der Waals surface area contributed by atoms with Crippen LogP contribution in [-0.4, -0.2) is 27.0 Å². The molecule has 4 rings (SSSR count). The van der Waals surface area contributed by atoms with Gasteiger partial charge in [0.25, 0.3) is 6.01 Å². The van der Waals surface area contributed by atoms with Gasteiger partial charge in [-0.15, -0.1) is 0 Å². The summed E-state index contributed by atoms with van der Waals surface area (Å²) in [6.45, 7) is 5.87. The SMILES string of the molecule is Cc1cccc(C)c1Nc1nc2ccc(CC(=O)Nc3ccc(C(C)CC(=O)O)cn3)cc2o1. The molecule has 8 nitrogen and oxygen atoms in total. The first kappa shape index (κ1) is 23.0. The van der Waals surface area contributed by atoms with Gasteiger partial charge >= 0.3 is 5.97 Å². The van der Waals surface area contributed by atoms with Crippen molar-refractivity contribution in [2.24, 2.45) is 0 Å². The molecule has 0 saturated carbocycles. The number of nitrogens with zero attached hydrogens (tertiary/aromatic N) is 2. The predicted molar refractivity (Wildman–Crippen MR) is 130 cm³/mol. The molecule has 3 N–H and O–H groups in total. The molecule has 0 aliphatic carbocycles. The summed E-state index contributed by atoms with van der Waals surface area (Å²) in [5.74, 6) is -0.817. The molecule has 0 saturated heterocycles. The second-order valence-corrected chi connectivity index (χ2v) is 8.41. The van der Waals surface area contributed by atoms with Crippen molar-refractivity contribution in [1.29, 1.82) is 0 Å². The highest BCUT2D eigenvalue weighted by molar-refractivity contribution is 5.92. The van der Waals surface area contributed by atoms with Crippen LogP contribution in [0.2, 0.25) is 0 Å². The van der Waals surface area contributed by atoms with Gasteiger partial charge in [-0.3, -0.25) is 9.59 Å². The maximum atomic E-state index is 12.5. The van der Waals surface area contributed by atoms with Gasteiger partial charge in [-0.2, -0.15) is 4.98 Å². The smallest absolute Gasteiger partial charge is 0.303 e. The number of aromatic nitrogens is 2. The Bertz CT molecular complexity index is 1320. The van der Waals surface area contributed by atoms with Crippen LogP contribution in [0.5, 0.6) is 0 Å². The lowest BCUT2D eigenvalue weighted by Gasteiger charge is -2.10. The minimum Gasteiger partial charge on any atom is -0.481 e. The molecule has 2 heterocycles. The summed E-state index contributed by atoms with van der Waals surface area (Å²) in [4.78, 5) is 32.1. The van der Waals surface area contributed by atoms with Crippen molar-refractivity contribution in [3.63, 3.8) is 0 Å². The number of benzene rings is 2. The van der Waals surface area contributed by atoms with Crippen molar-refractivity contribution in [2.75, 3.05) is 10.6 Å². The van der Waals surface area contributed by atoms with E-state index in [9.17, 15) is 9.59 Å². The van der Waals surface area contributed by atoms with E-state index < -0.39 is 5.97 Å². The molecule has 0 bridgehead atoms. The number of oxazole rings is 1. The van der Waals surface area contributed by atoms with Crippen molar-refractivity contribution in [3.05, 3.63) is 77.0 Å². The Labute approximate surface area is 197 Å². The number of carbonyl (C=O) groups is 2. The lowest BCUT2D eigenvalue weighted by Crippen LogP contribution is -2.15. The number of hydrogen-bond acceptors (Lipinski definition) is 6. The number of carboxylic acid groups (broad SMARTS) is 1. The molecule has 1 unspecified atom stereocenters. The summed E-state index contributed by atoms with van der Waals surface area (Å²) in [5, 5.41) is 14.9. The number of nitrogens with one attached hydrogen (secondary N) is 2. The zero-order valence-corrected chi connectivity index (χ0v) is 19.3. The molecule has 174 valence electrons. The molecule has 0 aliphatic heterocycles. The third-order valence-electron chi connectivity index (χ3n) is 5.63. The van der Waals surface area contributed by atoms with Crippen LogP contribution >= 0.6 is 0 Å². The number of carbonyl (C=O) groups excluding carboxylic acids is 1. The zero-order chi connectivity index (χ0) is 24.2. The fourth-order valence-electron chi connectivity index (χ4n) is 3.77. The van der Waals surface area contributed by atoms with Crippen LogP contribution in [0.15, 0.2) is 59.1 Å². The van der Waals surface area contributed by atoms with Gasteiger partial charge < -0.3 is 20.2 Å². The summed E-state index contributed by atoms with van der Waals surface area (Å²) in [6, 6.07) is 15.4. The zero-order valence-electron chi connectivity index (χ0n) is 19.3. The number of amides is 1. The lowest BCUT2D eigenvalue weighted by molar-refractivity contribution is -0.137. The van der Waals surface area contributed by atoms with Crippen LogP contribution in [0.4, 0.5) is 17.5 Å². The summed E-state index contributed by atoms with van der Waals surface area (Å²) < 4.78 is 5.88. The molecule has 1 amide bonds. The van der Waals surface area contributed by atoms with Crippen molar-refractivity contribution >= 4 is 40.5 Å². The number of pyridine rings is 1. The molecule has 0 radical (unpaired) electrons. The molecule has 0 aliphatic rings. The summed E-state index contributed by atoms with van der Waals surface area (Å²) in [7, 11) is 0. The number of carboxylic acids is 1. The van der Waals surface area contributed by atoms with E-state index >= 15 is 0 Å². The van der Waals surface area contributed by atoms with Gasteiger partial charge in [0, 0.05) is 11.9 Å². The average molecular weight is 459 g/mol. The molecule has 4 aromatic rings. The van der Waals surface area contributed by atoms with Gasteiger partial charge in [0.15, 0.2) is 5.58 Å². The standard InChI is InChI=1S/C26H26N4O4/c1-15-5-4-6-16(2)25(15)30-26-28-20-9-7-18(12-21(20)34-26)13-23(31)29-22-10-8-19(14-27-22)17(3)11-24(32)33/h4-10,12,14,17H,11,13H2,1-3H3,(H,28,30)(H,32,33)(H,27,29,31). The molecule has 2 aromatic carbocycles. The molecular formula is C26H26N4O4. The van der Waals surface area contributed by atoms with E-state index in [1.54, 1.807) is 18.3 Å². The molecule has 34 heavy (non-hydrogen) atoms. The Hall–Kier alpha value is -4.20. The van der Waals surface area contributed by atoms with Crippen molar-refractivity contribution in [1.82, 2.24) is 9.97 Å². The van der Waals surface area contributed by atoms with Crippen LogP contribution in [0.1, 0.15) is 41.5 Å². The second-order valence-electron chi connectivity index (χ2n) is 8.41. The normalized spacial score (nSPS) is 11.9. The van der Waals surface area contributed by atoms with Gasteiger partial charge in [0.1, 0.15) is 11.3 Å². The van der Waals surface area contributed by atoms with E-state index in [0.29, 0.717) is 22.9 Å². The Kier molecular flexibility index (Phi) is 6.58. The van der Waals surface area contributed by atoms with Crippen molar-refractivity contribution < 1.29 is 19.1 Å². The number of aryl methyl sites for hydroxylation is 2. The van der Waals surface area contributed by atoms with Crippen LogP contribution in [-0.2, 0) is 16.0 Å². The van der Waals surface area contributed by atoms with E-state index in [2.05, 4.69) is 20.6 Å². The number of para-hydroxylation sites is 1. The van der Waals surface area contributed by atoms with E-state index in [0.717, 1.165) is 27.9 Å². The Morgan fingerprint density at radius 3 is 2.53 bits per heavy atom. The van der Waals surface area contributed by atoms with Gasteiger partial charge in [-0.05, 0) is 60.2 Å². The number of hydrogen-bond donors (Lipinski definition) is 3. The monoisotopic (exact) mass is 458 g/mol. The van der Waals surface area contributed by atoms with Crippen molar-refractivity contribution in [3.8, 4) is 0 Å². The first-order chi connectivity index (χ1) is 16.3. The van der Waals surface area contributed by atoms with Crippen molar-refractivity contribution in [2.45, 2.75) is 39.5 Å². The fourth-order valence-corrected chi connectivity index (χ4v) is 3.77. The highest BCUT2D eigenvalue weighted by atomic mass is 16.4. The molecule has 0 spiro atoms. The van der Waals surface area contributed by atoms with E-state index in [4.69, 9.17) is 9.52 Å². The third kappa shape index (κ3) is 5.40. The fraction of sp³-hybridized carbons (Fsp3) is 0.231. The van der Waals surface area contributed by atoms with Gasteiger partial charge in [-0.1, -0.05) is 37.3 Å². The third-order valence-corrected chi connectivity index (χ3v) is 5.63. The first-order valence-electron chi connectivity index (χ1n) is 11.0. The average Bonchev–Trinajstić information content (AvgIpc) is 3.18. The van der Waals surface area contributed by atoms with E-state index in [1.165, 1.54) is 0 Å². The van der Waals surface area contributed by atoms with E-state index in [1.807, 2.05) is 57.2 Å². The van der Waals surface area contributed by atoms with E-state index in [-0.39, 0.29) is 24.7 Å². The minimum absolute atomic E-state index is 0.0271. The molecule has 8 heteroatoms. The largest absolute Gasteiger partial charge is 0.481 e. The maximum absolute atomic E-state index is 12.5. The highest BCUT2D eigenvalue weighted by Crippen LogP contribution is 2.27. The minimum atomic E-state index is -0.859. The molecule has 1 atom stereocenters. The number of anilines is 3. The Morgan fingerprint density at radius 2 is 1.85 bits per heavy atom. The quantitative estimate of drug-likeness (QED) is 0.326. The summed E-state index contributed by atoms with van der Waals surface area (Å²) in [5.41, 5.74) is 6.03. The van der Waals surface area contributed by atoms with Gasteiger partial charge in [-0.25, -0.2) is 4.98 Å². The molecular weight excluding hydrogens is 432 g/mol. The Morgan fingerprint density at radius 1 is 1.09 bits per heavy atom. The van der Waals surface area contributed by atoms with Crippen LogP contribution in [0.3, 0.4) is 0 Å². The van der Waals surface area contributed by atoms with Crippen LogP contribution in [0.25, 0.3) is 11.1 Å². The maximum Gasteiger partial charge on any atom is 0.303 e. The number of rotatable bonds is 8. The molecule has 2 aromatic heterocycles. The predicted octanol–water partition coefficient (Wildman–Crippen LogP) is 5.34. The molecule has 0 fully saturated rings. The lowest BCUT2D eigenvalue weighted by atomic mass is 10.00. The summed E-state index contributed by atoms with van der Waals surface area (Å²) >= 11 is 0. The Balaban J connectivity index is 1.41. The summed E-state index contributed by atoms with van der Waals surface area (Å²) in [6.07, 6.45) is 1.77. The van der Waals surface area contributed by atoms with Crippen LogP contribution < -0.4 is 10.6 Å². The first-order valence-corrected chi connectivity index (χ1v) is 11.0.